The molecule has 0 radical (unpaired) electrons. The lowest BCUT2D eigenvalue weighted by Crippen LogP contribution is -2.39. The van der Waals surface area contributed by atoms with Crippen LogP contribution in [0, 0.1) is 5.92 Å². The average molecular weight is 376 g/mol. The maximum absolute atomic E-state index is 12.5. The van der Waals surface area contributed by atoms with Gasteiger partial charge in [0.2, 0.25) is 0 Å². The zero-order valence-corrected chi connectivity index (χ0v) is 15.0. The van der Waals surface area contributed by atoms with E-state index in [1.165, 1.54) is 4.88 Å². The molecule has 2 aromatic heterocycles. The van der Waals surface area contributed by atoms with Crippen LogP contribution in [-0.4, -0.2) is 24.5 Å². The van der Waals surface area contributed by atoms with Gasteiger partial charge in [0, 0.05) is 23.8 Å². The topological polar surface area (TPSA) is 49.3 Å². The minimum absolute atomic E-state index is 0.208. The number of thiazole rings is 1. The van der Waals surface area contributed by atoms with Crippen molar-refractivity contribution in [1.82, 2.24) is 15.6 Å². The first-order valence-electron chi connectivity index (χ1n) is 7.37. The van der Waals surface area contributed by atoms with Crippen molar-refractivity contribution in [3.63, 3.8) is 0 Å². The molecule has 24 heavy (non-hydrogen) atoms. The Morgan fingerprint density at radius 1 is 1.33 bits per heavy atom. The van der Waals surface area contributed by atoms with E-state index in [1.54, 1.807) is 18.4 Å². The van der Waals surface area contributed by atoms with Crippen LogP contribution in [0.5, 0.6) is 0 Å². The van der Waals surface area contributed by atoms with Gasteiger partial charge >= 0.3 is 6.18 Å². The van der Waals surface area contributed by atoms with E-state index >= 15 is 0 Å². The van der Waals surface area contributed by atoms with Gasteiger partial charge in [-0.05, 0) is 23.8 Å². The predicted molar refractivity (Wildman–Crippen MR) is 92.5 cm³/mol. The Balaban J connectivity index is 1.77. The molecule has 1 atom stereocenters. The zero-order valence-electron chi connectivity index (χ0n) is 13.4. The molecule has 0 fully saturated rings. The molecule has 2 aromatic rings. The third-order valence-corrected chi connectivity index (χ3v) is 4.97. The number of guanidine groups is 1. The first kappa shape index (κ1) is 18.7. The summed E-state index contributed by atoms with van der Waals surface area (Å²) in [6.07, 6.45) is -3.42. The van der Waals surface area contributed by atoms with Gasteiger partial charge in [0.15, 0.2) is 11.7 Å². The van der Waals surface area contributed by atoms with Crippen molar-refractivity contribution in [3.8, 4) is 0 Å². The maximum atomic E-state index is 12.5. The fraction of sp³-hybridized carbons (Fsp3) is 0.467. The molecule has 132 valence electrons. The molecular weight excluding hydrogens is 357 g/mol. The quantitative estimate of drug-likeness (QED) is 0.596. The Labute approximate surface area is 146 Å². The minimum Gasteiger partial charge on any atom is -0.356 e. The van der Waals surface area contributed by atoms with Crippen molar-refractivity contribution >= 4 is 28.6 Å². The lowest BCUT2D eigenvalue weighted by Gasteiger charge is -2.15. The van der Waals surface area contributed by atoms with E-state index in [0.29, 0.717) is 16.9 Å². The number of aliphatic imine (C=N–C) groups is 1. The van der Waals surface area contributed by atoms with Crippen LogP contribution in [0.2, 0.25) is 0 Å². The van der Waals surface area contributed by atoms with E-state index in [4.69, 9.17) is 0 Å². The van der Waals surface area contributed by atoms with E-state index in [0.717, 1.165) is 29.7 Å². The highest BCUT2D eigenvalue weighted by Crippen LogP contribution is 2.29. The molecule has 0 bridgehead atoms. The average Bonchev–Trinajstić information content (AvgIpc) is 3.18. The van der Waals surface area contributed by atoms with E-state index < -0.39 is 11.9 Å². The SMILES string of the molecule is CN=C(NCc1nc(C(F)(F)F)cs1)NCC(C)Cc1cccs1. The molecule has 4 nitrogen and oxygen atoms in total. The number of rotatable bonds is 6. The fourth-order valence-electron chi connectivity index (χ4n) is 2.02. The third-order valence-electron chi connectivity index (χ3n) is 3.22. The van der Waals surface area contributed by atoms with E-state index in [-0.39, 0.29) is 6.54 Å². The molecule has 9 heteroatoms. The summed E-state index contributed by atoms with van der Waals surface area (Å²) in [6.45, 7) is 3.07. The highest BCUT2D eigenvalue weighted by atomic mass is 32.1. The molecule has 0 saturated carbocycles. The summed E-state index contributed by atoms with van der Waals surface area (Å²) in [5.41, 5.74) is -0.850. The van der Waals surface area contributed by atoms with E-state index in [9.17, 15) is 13.2 Å². The summed E-state index contributed by atoms with van der Waals surface area (Å²) in [6, 6.07) is 4.14. The Kier molecular flexibility index (Phi) is 6.61. The summed E-state index contributed by atoms with van der Waals surface area (Å²) in [4.78, 5) is 8.99. The first-order valence-corrected chi connectivity index (χ1v) is 9.13. The van der Waals surface area contributed by atoms with Gasteiger partial charge < -0.3 is 10.6 Å². The standard InChI is InChI=1S/C15H19F3N4S2/c1-10(6-11-4-3-5-23-11)7-20-14(19-2)21-8-13-22-12(9-24-13)15(16,17)18/h3-5,9-10H,6-8H2,1-2H3,(H2,19,20,21). The molecule has 0 aliphatic carbocycles. The van der Waals surface area contributed by atoms with Gasteiger partial charge in [-0.15, -0.1) is 22.7 Å². The van der Waals surface area contributed by atoms with Crippen molar-refractivity contribution in [2.24, 2.45) is 10.9 Å². The number of aromatic nitrogens is 1. The monoisotopic (exact) mass is 376 g/mol. The van der Waals surface area contributed by atoms with Crippen molar-refractivity contribution in [2.45, 2.75) is 26.1 Å². The summed E-state index contributed by atoms with van der Waals surface area (Å²) in [5, 5.41) is 9.62. The van der Waals surface area contributed by atoms with Crippen molar-refractivity contribution in [3.05, 3.63) is 38.5 Å². The Bertz CT molecular complexity index is 650. The number of hydrogen-bond acceptors (Lipinski definition) is 4. The van der Waals surface area contributed by atoms with E-state index in [2.05, 4.69) is 39.0 Å². The lowest BCUT2D eigenvalue weighted by molar-refractivity contribution is -0.140. The summed E-state index contributed by atoms with van der Waals surface area (Å²) >= 11 is 2.71. The van der Waals surface area contributed by atoms with Crippen LogP contribution >= 0.6 is 22.7 Å². The Morgan fingerprint density at radius 2 is 2.12 bits per heavy atom. The molecule has 2 rings (SSSR count). The molecule has 1 unspecified atom stereocenters. The summed E-state index contributed by atoms with van der Waals surface area (Å²) in [5.74, 6) is 0.968. The molecule has 2 heterocycles. The number of alkyl halides is 3. The van der Waals surface area contributed by atoms with Crippen LogP contribution in [0.4, 0.5) is 13.2 Å². The van der Waals surface area contributed by atoms with Crippen LogP contribution < -0.4 is 10.6 Å². The third kappa shape index (κ3) is 5.79. The van der Waals surface area contributed by atoms with Gasteiger partial charge in [0.1, 0.15) is 5.01 Å². The molecule has 2 N–H and O–H groups in total. The Hall–Kier alpha value is -1.61. The van der Waals surface area contributed by atoms with Crippen LogP contribution in [0.15, 0.2) is 27.9 Å². The van der Waals surface area contributed by atoms with Gasteiger partial charge in [0.25, 0.3) is 0 Å². The van der Waals surface area contributed by atoms with Gasteiger partial charge in [-0.2, -0.15) is 13.2 Å². The molecule has 0 aliphatic rings. The van der Waals surface area contributed by atoms with Crippen LogP contribution in [0.25, 0.3) is 0 Å². The number of nitrogens with zero attached hydrogens (tertiary/aromatic N) is 2. The molecule has 0 aliphatic heterocycles. The molecule has 0 amide bonds. The van der Waals surface area contributed by atoms with Gasteiger partial charge in [0.05, 0.1) is 6.54 Å². The second-order valence-corrected chi connectivity index (χ2v) is 7.29. The minimum atomic E-state index is -4.40. The van der Waals surface area contributed by atoms with Crippen LogP contribution in [0.1, 0.15) is 22.5 Å². The number of halogens is 3. The largest absolute Gasteiger partial charge is 0.434 e. The van der Waals surface area contributed by atoms with Gasteiger partial charge in [-0.25, -0.2) is 4.98 Å². The summed E-state index contributed by atoms with van der Waals surface area (Å²) < 4.78 is 37.6. The van der Waals surface area contributed by atoms with Crippen molar-refractivity contribution < 1.29 is 13.2 Å². The second kappa shape index (κ2) is 8.48. The van der Waals surface area contributed by atoms with Gasteiger partial charge in [-0.3, -0.25) is 4.99 Å². The van der Waals surface area contributed by atoms with Crippen LogP contribution in [0.3, 0.4) is 0 Å². The van der Waals surface area contributed by atoms with Crippen molar-refractivity contribution in [2.75, 3.05) is 13.6 Å². The number of hydrogen-bond donors (Lipinski definition) is 2. The number of nitrogens with one attached hydrogen (secondary N) is 2. The van der Waals surface area contributed by atoms with E-state index in [1.807, 2.05) is 6.07 Å². The molecule has 0 aromatic carbocycles. The zero-order chi connectivity index (χ0) is 17.6. The van der Waals surface area contributed by atoms with Crippen molar-refractivity contribution in [1.29, 1.82) is 0 Å². The van der Waals surface area contributed by atoms with Crippen LogP contribution in [-0.2, 0) is 19.1 Å². The molecule has 0 spiro atoms. The fourth-order valence-corrected chi connectivity index (χ4v) is 3.63. The highest BCUT2D eigenvalue weighted by molar-refractivity contribution is 7.10. The normalized spacial score (nSPS) is 13.8. The predicted octanol–water partition coefficient (Wildman–Crippen LogP) is 3.77. The Morgan fingerprint density at radius 3 is 2.71 bits per heavy atom. The highest BCUT2D eigenvalue weighted by Gasteiger charge is 2.33. The molecule has 0 saturated heterocycles. The first-order chi connectivity index (χ1) is 11.4. The number of thiophene rings is 1. The second-order valence-electron chi connectivity index (χ2n) is 5.32. The lowest BCUT2D eigenvalue weighted by atomic mass is 10.1. The van der Waals surface area contributed by atoms with Gasteiger partial charge in [-0.1, -0.05) is 13.0 Å². The smallest absolute Gasteiger partial charge is 0.356 e. The summed E-state index contributed by atoms with van der Waals surface area (Å²) in [7, 11) is 1.63. The maximum Gasteiger partial charge on any atom is 0.434 e. The molecular formula is C15H19F3N4S2.